The molecule has 0 aliphatic heterocycles. The molecule has 2 aromatic heterocycles. The standard InChI is InChI=1S/C8H7ClN4/c9-5-1-2-13-4-6(8(10)11)12-7(13)3-5/h1-4H,(H3,10,11). The van der Waals surface area contributed by atoms with Crippen molar-refractivity contribution in [3.63, 3.8) is 0 Å². The molecule has 0 aromatic carbocycles. The Morgan fingerprint density at radius 3 is 3.08 bits per heavy atom. The smallest absolute Gasteiger partial charge is 0.143 e. The fourth-order valence-electron chi connectivity index (χ4n) is 1.09. The molecule has 0 unspecified atom stereocenters. The van der Waals surface area contributed by atoms with Gasteiger partial charge >= 0.3 is 0 Å². The van der Waals surface area contributed by atoms with E-state index in [0.717, 1.165) is 0 Å². The minimum atomic E-state index is -0.0418. The van der Waals surface area contributed by atoms with Crippen LogP contribution in [0.2, 0.25) is 5.02 Å². The molecule has 4 nitrogen and oxygen atoms in total. The summed E-state index contributed by atoms with van der Waals surface area (Å²) >= 11 is 5.77. The van der Waals surface area contributed by atoms with Gasteiger partial charge in [0.1, 0.15) is 17.2 Å². The molecule has 66 valence electrons. The van der Waals surface area contributed by atoms with E-state index in [0.29, 0.717) is 16.4 Å². The third-order valence-corrected chi connectivity index (χ3v) is 1.93. The van der Waals surface area contributed by atoms with Crippen molar-refractivity contribution >= 4 is 23.1 Å². The van der Waals surface area contributed by atoms with E-state index in [1.165, 1.54) is 0 Å². The van der Waals surface area contributed by atoms with Gasteiger partial charge in [-0.1, -0.05) is 11.6 Å². The maximum atomic E-state index is 7.19. The number of nitrogen functional groups attached to an aromatic ring is 1. The molecule has 0 aliphatic rings. The first-order valence-corrected chi connectivity index (χ1v) is 4.03. The van der Waals surface area contributed by atoms with Crippen LogP contribution in [-0.2, 0) is 0 Å². The molecule has 0 fully saturated rings. The van der Waals surface area contributed by atoms with Crippen LogP contribution in [0.5, 0.6) is 0 Å². The molecular weight excluding hydrogens is 188 g/mol. The molecule has 2 aromatic rings. The fourth-order valence-corrected chi connectivity index (χ4v) is 1.24. The Balaban J connectivity index is 2.68. The van der Waals surface area contributed by atoms with E-state index in [2.05, 4.69) is 4.98 Å². The molecule has 5 heteroatoms. The molecular formula is C8H7ClN4. The summed E-state index contributed by atoms with van der Waals surface area (Å²) in [7, 11) is 0. The van der Waals surface area contributed by atoms with Crippen molar-refractivity contribution < 1.29 is 0 Å². The van der Waals surface area contributed by atoms with Gasteiger partial charge < -0.3 is 10.1 Å². The van der Waals surface area contributed by atoms with Crippen LogP contribution in [0.15, 0.2) is 24.5 Å². The zero-order valence-electron chi connectivity index (χ0n) is 6.66. The number of hydrogen-bond acceptors (Lipinski definition) is 2. The van der Waals surface area contributed by atoms with Gasteiger partial charge in [-0.15, -0.1) is 0 Å². The Morgan fingerprint density at radius 2 is 2.38 bits per heavy atom. The summed E-state index contributed by atoms with van der Waals surface area (Å²) in [6, 6.07) is 3.47. The van der Waals surface area contributed by atoms with Crippen molar-refractivity contribution in [2.75, 3.05) is 0 Å². The monoisotopic (exact) mass is 194 g/mol. The van der Waals surface area contributed by atoms with Gasteiger partial charge in [0.15, 0.2) is 0 Å². The van der Waals surface area contributed by atoms with Crippen LogP contribution in [0.4, 0.5) is 0 Å². The van der Waals surface area contributed by atoms with Crippen molar-refractivity contribution in [1.29, 1.82) is 5.41 Å². The summed E-state index contributed by atoms with van der Waals surface area (Å²) in [6.45, 7) is 0. The molecule has 2 rings (SSSR count). The summed E-state index contributed by atoms with van der Waals surface area (Å²) in [6.07, 6.45) is 3.46. The second-order valence-electron chi connectivity index (χ2n) is 2.65. The molecule has 0 saturated heterocycles. The fraction of sp³-hybridized carbons (Fsp3) is 0. The highest BCUT2D eigenvalue weighted by atomic mass is 35.5. The lowest BCUT2D eigenvalue weighted by Crippen LogP contribution is -2.10. The van der Waals surface area contributed by atoms with Crippen LogP contribution < -0.4 is 5.73 Å². The number of hydrogen-bond donors (Lipinski definition) is 2. The van der Waals surface area contributed by atoms with Gasteiger partial charge in [-0.3, -0.25) is 5.41 Å². The largest absolute Gasteiger partial charge is 0.382 e. The Morgan fingerprint density at radius 1 is 1.62 bits per heavy atom. The minimum Gasteiger partial charge on any atom is -0.382 e. The van der Waals surface area contributed by atoms with E-state index >= 15 is 0 Å². The van der Waals surface area contributed by atoms with Gasteiger partial charge in [-0.25, -0.2) is 4.98 Å². The van der Waals surface area contributed by atoms with Crippen molar-refractivity contribution in [1.82, 2.24) is 9.38 Å². The molecule has 13 heavy (non-hydrogen) atoms. The number of aromatic nitrogens is 2. The second-order valence-corrected chi connectivity index (χ2v) is 3.09. The molecule has 0 amide bonds. The van der Waals surface area contributed by atoms with E-state index in [1.54, 1.807) is 28.9 Å². The minimum absolute atomic E-state index is 0.0418. The van der Waals surface area contributed by atoms with Crippen molar-refractivity contribution in [2.45, 2.75) is 0 Å². The SMILES string of the molecule is N=C(N)c1cn2ccc(Cl)cc2n1. The summed E-state index contributed by atoms with van der Waals surface area (Å²) < 4.78 is 1.77. The highest BCUT2D eigenvalue weighted by Crippen LogP contribution is 2.11. The molecule has 0 aliphatic carbocycles. The summed E-state index contributed by atoms with van der Waals surface area (Å²) in [5.41, 5.74) is 6.44. The first-order chi connectivity index (χ1) is 6.16. The average Bonchev–Trinajstić information content (AvgIpc) is 2.46. The van der Waals surface area contributed by atoms with E-state index < -0.39 is 0 Å². The highest BCUT2D eigenvalue weighted by Gasteiger charge is 2.03. The Kier molecular flexibility index (Phi) is 1.70. The maximum absolute atomic E-state index is 7.19. The summed E-state index contributed by atoms with van der Waals surface area (Å²) in [5, 5.41) is 7.81. The molecule has 0 bridgehead atoms. The third kappa shape index (κ3) is 1.36. The number of amidine groups is 1. The van der Waals surface area contributed by atoms with Crippen molar-refractivity contribution in [3.8, 4) is 0 Å². The predicted molar refractivity (Wildman–Crippen MR) is 51.2 cm³/mol. The number of rotatable bonds is 1. The Bertz CT molecular complexity index is 474. The first kappa shape index (κ1) is 8.07. The number of pyridine rings is 1. The summed E-state index contributed by atoms with van der Waals surface area (Å²) in [4.78, 5) is 4.10. The van der Waals surface area contributed by atoms with Gasteiger partial charge in [-0.2, -0.15) is 0 Å². The van der Waals surface area contributed by atoms with Crippen LogP contribution >= 0.6 is 11.6 Å². The highest BCUT2D eigenvalue weighted by molar-refractivity contribution is 6.30. The zero-order chi connectivity index (χ0) is 9.42. The Hall–Kier alpha value is -1.55. The topological polar surface area (TPSA) is 67.2 Å². The first-order valence-electron chi connectivity index (χ1n) is 3.65. The predicted octanol–water partition coefficient (Wildman–Crippen LogP) is 1.27. The molecule has 3 N–H and O–H groups in total. The van der Waals surface area contributed by atoms with Crippen LogP contribution in [0.25, 0.3) is 5.65 Å². The molecule has 2 heterocycles. The number of fused-ring (bicyclic) bond motifs is 1. The maximum Gasteiger partial charge on any atom is 0.143 e. The lowest BCUT2D eigenvalue weighted by Gasteiger charge is -1.90. The van der Waals surface area contributed by atoms with Crippen LogP contribution in [0.1, 0.15) is 5.69 Å². The van der Waals surface area contributed by atoms with Crippen molar-refractivity contribution in [3.05, 3.63) is 35.2 Å². The number of nitrogens with two attached hydrogens (primary N) is 1. The quantitative estimate of drug-likeness (QED) is 0.530. The number of nitrogens with zero attached hydrogens (tertiary/aromatic N) is 2. The molecule has 0 spiro atoms. The van der Waals surface area contributed by atoms with Gasteiger partial charge in [-0.05, 0) is 6.07 Å². The summed E-state index contributed by atoms with van der Waals surface area (Å²) in [5.74, 6) is -0.0418. The normalized spacial score (nSPS) is 10.5. The van der Waals surface area contributed by atoms with Gasteiger partial charge in [0, 0.05) is 23.5 Å². The van der Waals surface area contributed by atoms with Crippen LogP contribution in [0.3, 0.4) is 0 Å². The lowest BCUT2D eigenvalue weighted by atomic mass is 10.4. The van der Waals surface area contributed by atoms with E-state index in [4.69, 9.17) is 22.7 Å². The van der Waals surface area contributed by atoms with E-state index in [-0.39, 0.29) is 5.84 Å². The van der Waals surface area contributed by atoms with Crippen LogP contribution in [-0.4, -0.2) is 15.2 Å². The van der Waals surface area contributed by atoms with Gasteiger partial charge in [0.25, 0.3) is 0 Å². The van der Waals surface area contributed by atoms with Gasteiger partial charge in [0.2, 0.25) is 0 Å². The van der Waals surface area contributed by atoms with Gasteiger partial charge in [0.05, 0.1) is 0 Å². The third-order valence-electron chi connectivity index (χ3n) is 1.70. The van der Waals surface area contributed by atoms with Crippen molar-refractivity contribution in [2.24, 2.45) is 5.73 Å². The molecule has 0 saturated carbocycles. The molecule has 0 radical (unpaired) electrons. The number of nitrogens with one attached hydrogen (secondary N) is 1. The van der Waals surface area contributed by atoms with Crippen LogP contribution in [0, 0.1) is 5.41 Å². The lowest BCUT2D eigenvalue weighted by molar-refractivity contribution is 1.19. The van der Waals surface area contributed by atoms with E-state index in [9.17, 15) is 0 Å². The average molecular weight is 195 g/mol. The zero-order valence-corrected chi connectivity index (χ0v) is 7.42. The number of halogens is 1. The number of imidazole rings is 1. The molecule has 0 atom stereocenters. The second kappa shape index (κ2) is 2.74. The Labute approximate surface area is 79.5 Å². The van der Waals surface area contributed by atoms with E-state index in [1.807, 2.05) is 0 Å².